The van der Waals surface area contributed by atoms with Crippen LogP contribution in [0.2, 0.25) is 0 Å². The molecule has 0 saturated carbocycles. The van der Waals surface area contributed by atoms with Crippen LogP contribution in [0.1, 0.15) is 34.2 Å². The Labute approximate surface area is 185 Å². The first-order chi connectivity index (χ1) is 15.5. The van der Waals surface area contributed by atoms with E-state index in [2.05, 4.69) is 10.5 Å². The van der Waals surface area contributed by atoms with Crippen molar-refractivity contribution in [2.45, 2.75) is 20.8 Å². The highest BCUT2D eigenvalue weighted by molar-refractivity contribution is 5.89. The molecule has 0 atom stereocenters. The number of furan rings is 1. The summed E-state index contributed by atoms with van der Waals surface area (Å²) in [6.07, 6.45) is 2.84. The zero-order valence-corrected chi connectivity index (χ0v) is 18.1. The number of carbonyl (C=O) groups excluding carboxylic acids is 2. The topological polar surface area (TPSA) is 99.4 Å². The Morgan fingerprint density at radius 2 is 1.88 bits per heavy atom. The van der Waals surface area contributed by atoms with Crippen molar-refractivity contribution in [3.63, 3.8) is 0 Å². The first-order valence-corrected chi connectivity index (χ1v) is 10.0. The van der Waals surface area contributed by atoms with E-state index in [1.165, 1.54) is 18.5 Å². The number of nitrogens with one attached hydrogen (secondary N) is 1. The van der Waals surface area contributed by atoms with Gasteiger partial charge in [-0.1, -0.05) is 6.07 Å². The van der Waals surface area contributed by atoms with Gasteiger partial charge in [0.05, 0.1) is 19.1 Å². The van der Waals surface area contributed by atoms with E-state index in [0.29, 0.717) is 23.7 Å². The molecule has 0 radical (unpaired) electrons. The normalized spacial score (nSPS) is 10.7. The third-order valence-corrected chi connectivity index (χ3v) is 4.44. The monoisotopic (exact) mass is 436 g/mol. The van der Waals surface area contributed by atoms with Crippen LogP contribution >= 0.6 is 0 Å². The minimum absolute atomic E-state index is 0.0869. The fourth-order valence-electron chi connectivity index (χ4n) is 2.67. The number of nitrogens with zero attached hydrogens (tertiary/aromatic N) is 1. The molecular weight excluding hydrogens is 412 g/mol. The molecule has 0 unspecified atom stereocenters. The lowest BCUT2D eigenvalue weighted by Crippen LogP contribution is -2.24. The van der Waals surface area contributed by atoms with Crippen LogP contribution < -0.4 is 19.6 Å². The number of hydrazone groups is 1. The van der Waals surface area contributed by atoms with E-state index in [-0.39, 0.29) is 18.1 Å². The van der Waals surface area contributed by atoms with Crippen LogP contribution in [0.15, 0.2) is 64.3 Å². The molecule has 8 heteroatoms. The summed E-state index contributed by atoms with van der Waals surface area (Å²) in [5, 5.41) is 3.94. The predicted octanol–water partition coefficient (Wildman–Crippen LogP) is 4.04. The molecule has 1 N–H and O–H groups in total. The van der Waals surface area contributed by atoms with Crippen molar-refractivity contribution < 1.29 is 28.2 Å². The average Bonchev–Trinajstić information content (AvgIpc) is 3.32. The van der Waals surface area contributed by atoms with Gasteiger partial charge in [-0.05, 0) is 79.9 Å². The third kappa shape index (κ3) is 6.21. The standard InChI is InChI=1S/C24H24N2O6/c1-4-29-22-13-18(8-10-20(22)32-24(28)21-6-5-11-30-21)14-25-26-23(27)15-31-19-9-7-16(2)17(3)12-19/h5-14H,4,15H2,1-3H3,(H,26,27)/b25-14-. The number of hydrogen-bond acceptors (Lipinski definition) is 7. The van der Waals surface area contributed by atoms with Crippen molar-refractivity contribution in [3.05, 3.63) is 77.2 Å². The van der Waals surface area contributed by atoms with Crippen LogP contribution in [-0.4, -0.2) is 31.3 Å². The number of aryl methyl sites for hydroxylation is 2. The lowest BCUT2D eigenvalue weighted by atomic mass is 10.1. The SMILES string of the molecule is CCOc1cc(/C=N\NC(=O)COc2ccc(C)c(C)c2)ccc1OC(=O)c1ccco1. The summed E-state index contributed by atoms with van der Waals surface area (Å²) in [6, 6.07) is 13.6. The highest BCUT2D eigenvalue weighted by atomic mass is 16.6. The third-order valence-electron chi connectivity index (χ3n) is 4.44. The average molecular weight is 436 g/mol. The van der Waals surface area contributed by atoms with Gasteiger partial charge in [-0.3, -0.25) is 4.79 Å². The smallest absolute Gasteiger partial charge is 0.379 e. The Balaban J connectivity index is 1.57. The Bertz CT molecular complexity index is 1110. The van der Waals surface area contributed by atoms with Gasteiger partial charge in [0.2, 0.25) is 5.76 Å². The molecule has 0 aliphatic carbocycles. The number of rotatable bonds is 9. The molecule has 0 aliphatic heterocycles. The first-order valence-electron chi connectivity index (χ1n) is 10.0. The fraction of sp³-hybridized carbons (Fsp3) is 0.208. The van der Waals surface area contributed by atoms with Gasteiger partial charge in [-0.15, -0.1) is 0 Å². The summed E-state index contributed by atoms with van der Waals surface area (Å²) in [4.78, 5) is 24.1. The zero-order valence-electron chi connectivity index (χ0n) is 18.1. The maximum atomic E-state index is 12.1. The largest absolute Gasteiger partial charge is 0.490 e. The van der Waals surface area contributed by atoms with Gasteiger partial charge < -0.3 is 18.6 Å². The van der Waals surface area contributed by atoms with Crippen LogP contribution in [0.5, 0.6) is 17.2 Å². The molecule has 2 aromatic carbocycles. The van der Waals surface area contributed by atoms with Crippen molar-refractivity contribution >= 4 is 18.1 Å². The van der Waals surface area contributed by atoms with Crippen LogP contribution in [0, 0.1) is 13.8 Å². The summed E-state index contributed by atoms with van der Waals surface area (Å²) >= 11 is 0. The zero-order chi connectivity index (χ0) is 22.9. The van der Waals surface area contributed by atoms with Gasteiger partial charge in [-0.25, -0.2) is 10.2 Å². The number of hydrogen-bond donors (Lipinski definition) is 1. The number of esters is 1. The minimum Gasteiger partial charge on any atom is -0.490 e. The number of ether oxygens (including phenoxy) is 3. The van der Waals surface area contributed by atoms with Crippen molar-refractivity contribution in [3.8, 4) is 17.2 Å². The van der Waals surface area contributed by atoms with Crippen LogP contribution in [-0.2, 0) is 4.79 Å². The molecule has 166 valence electrons. The second-order valence-corrected chi connectivity index (χ2v) is 6.83. The van der Waals surface area contributed by atoms with E-state index in [0.717, 1.165) is 11.1 Å². The molecule has 0 fully saturated rings. The molecule has 0 spiro atoms. The Kier molecular flexibility index (Phi) is 7.64. The molecule has 3 aromatic rings. The Morgan fingerprint density at radius 1 is 1.03 bits per heavy atom. The van der Waals surface area contributed by atoms with E-state index in [1.807, 2.05) is 39.0 Å². The minimum atomic E-state index is -0.631. The highest BCUT2D eigenvalue weighted by Gasteiger charge is 2.15. The van der Waals surface area contributed by atoms with Crippen molar-refractivity contribution in [1.29, 1.82) is 0 Å². The molecule has 0 aliphatic rings. The molecule has 1 aromatic heterocycles. The molecule has 3 rings (SSSR count). The van der Waals surface area contributed by atoms with Gasteiger partial charge in [0.1, 0.15) is 5.75 Å². The number of amides is 1. The summed E-state index contributed by atoms with van der Waals surface area (Å²) in [5.41, 5.74) is 5.29. The predicted molar refractivity (Wildman–Crippen MR) is 118 cm³/mol. The van der Waals surface area contributed by atoms with Gasteiger partial charge in [0.15, 0.2) is 18.1 Å². The molecule has 0 saturated heterocycles. The van der Waals surface area contributed by atoms with E-state index in [9.17, 15) is 9.59 Å². The van der Waals surface area contributed by atoms with Crippen molar-refractivity contribution in [2.24, 2.45) is 5.10 Å². The van der Waals surface area contributed by atoms with Crippen molar-refractivity contribution in [2.75, 3.05) is 13.2 Å². The number of benzene rings is 2. The quantitative estimate of drug-likeness (QED) is 0.235. The summed E-state index contributed by atoms with van der Waals surface area (Å²) in [5.74, 6) is 0.288. The van der Waals surface area contributed by atoms with E-state index in [1.54, 1.807) is 24.3 Å². The van der Waals surface area contributed by atoms with Gasteiger partial charge in [-0.2, -0.15) is 5.10 Å². The molecule has 8 nitrogen and oxygen atoms in total. The van der Waals surface area contributed by atoms with E-state index < -0.39 is 11.9 Å². The fourth-order valence-corrected chi connectivity index (χ4v) is 2.67. The maximum absolute atomic E-state index is 12.1. The van der Waals surface area contributed by atoms with Crippen LogP contribution in [0.4, 0.5) is 0 Å². The Morgan fingerprint density at radius 3 is 2.59 bits per heavy atom. The second-order valence-electron chi connectivity index (χ2n) is 6.83. The summed E-state index contributed by atoms with van der Waals surface area (Å²) < 4.78 is 21.4. The first kappa shape index (κ1) is 22.6. The van der Waals surface area contributed by atoms with Gasteiger partial charge in [0, 0.05) is 0 Å². The second kappa shape index (κ2) is 10.8. The molecule has 1 amide bonds. The van der Waals surface area contributed by atoms with E-state index in [4.69, 9.17) is 18.6 Å². The van der Waals surface area contributed by atoms with Gasteiger partial charge >= 0.3 is 5.97 Å². The number of carbonyl (C=O) groups is 2. The molecule has 1 heterocycles. The molecule has 32 heavy (non-hydrogen) atoms. The van der Waals surface area contributed by atoms with Crippen molar-refractivity contribution in [1.82, 2.24) is 5.43 Å². The maximum Gasteiger partial charge on any atom is 0.379 e. The Hall–Kier alpha value is -4.07. The van der Waals surface area contributed by atoms with Crippen LogP contribution in [0.3, 0.4) is 0 Å². The highest BCUT2D eigenvalue weighted by Crippen LogP contribution is 2.29. The lowest BCUT2D eigenvalue weighted by Gasteiger charge is -2.10. The van der Waals surface area contributed by atoms with Gasteiger partial charge in [0.25, 0.3) is 5.91 Å². The van der Waals surface area contributed by atoms with E-state index >= 15 is 0 Å². The summed E-state index contributed by atoms with van der Waals surface area (Å²) in [6.45, 7) is 6.01. The molecular formula is C24H24N2O6. The van der Waals surface area contributed by atoms with Crippen LogP contribution in [0.25, 0.3) is 0 Å². The lowest BCUT2D eigenvalue weighted by molar-refractivity contribution is -0.123. The molecule has 0 bridgehead atoms. The summed E-state index contributed by atoms with van der Waals surface area (Å²) in [7, 11) is 0.